The fourth-order valence-corrected chi connectivity index (χ4v) is 2.81. The van der Waals surface area contributed by atoms with E-state index in [0.717, 1.165) is 31.6 Å². The van der Waals surface area contributed by atoms with Crippen LogP contribution in [-0.4, -0.2) is 24.2 Å². The summed E-state index contributed by atoms with van der Waals surface area (Å²) in [5.41, 5.74) is 1.58. The van der Waals surface area contributed by atoms with Crippen LogP contribution >= 0.6 is 11.6 Å². The van der Waals surface area contributed by atoms with Gasteiger partial charge in [-0.2, -0.15) is 0 Å². The van der Waals surface area contributed by atoms with Crippen LogP contribution in [0.3, 0.4) is 0 Å². The molecule has 0 saturated carbocycles. The predicted molar refractivity (Wildman–Crippen MR) is 78.3 cm³/mol. The summed E-state index contributed by atoms with van der Waals surface area (Å²) in [7, 11) is 0. The van der Waals surface area contributed by atoms with Gasteiger partial charge >= 0.3 is 5.97 Å². The highest BCUT2D eigenvalue weighted by atomic mass is 35.5. The van der Waals surface area contributed by atoms with Crippen molar-refractivity contribution in [3.05, 3.63) is 28.8 Å². The lowest BCUT2D eigenvalue weighted by Gasteiger charge is -2.25. The first-order valence-corrected chi connectivity index (χ1v) is 7.05. The summed E-state index contributed by atoms with van der Waals surface area (Å²) >= 11 is 6.03. The van der Waals surface area contributed by atoms with Gasteiger partial charge in [-0.15, -0.1) is 0 Å². The number of carboxylic acids is 1. The van der Waals surface area contributed by atoms with Gasteiger partial charge in [0.05, 0.1) is 10.6 Å². The van der Waals surface area contributed by atoms with E-state index >= 15 is 0 Å². The number of carbonyl (C=O) groups is 1. The topological polar surface area (TPSA) is 40.5 Å². The largest absolute Gasteiger partial charge is 0.478 e. The quantitative estimate of drug-likeness (QED) is 0.889. The van der Waals surface area contributed by atoms with Crippen molar-refractivity contribution < 1.29 is 9.90 Å². The number of benzene rings is 1. The van der Waals surface area contributed by atoms with E-state index in [0.29, 0.717) is 10.4 Å². The molecule has 0 aliphatic carbocycles. The third-order valence-corrected chi connectivity index (χ3v) is 4.20. The molecule has 1 aliphatic heterocycles. The summed E-state index contributed by atoms with van der Waals surface area (Å²) in [5, 5.41) is 9.30. The summed E-state index contributed by atoms with van der Waals surface area (Å²) in [5.74, 6) is -0.978. The highest BCUT2D eigenvalue weighted by Crippen LogP contribution is 2.32. The van der Waals surface area contributed by atoms with E-state index in [1.807, 2.05) is 6.07 Å². The predicted octanol–water partition coefficient (Wildman–Crippen LogP) is 4.05. The second kappa shape index (κ2) is 5.41. The molecule has 0 atom stereocenters. The average Bonchev–Trinajstić information content (AvgIpc) is 2.49. The van der Waals surface area contributed by atoms with Crippen LogP contribution in [0.2, 0.25) is 5.02 Å². The van der Waals surface area contributed by atoms with Crippen LogP contribution in [0.15, 0.2) is 18.2 Å². The maximum absolute atomic E-state index is 11.0. The molecule has 2 rings (SSSR count). The first-order chi connectivity index (χ1) is 8.89. The van der Waals surface area contributed by atoms with Crippen molar-refractivity contribution in [1.29, 1.82) is 0 Å². The molecule has 19 heavy (non-hydrogen) atoms. The average molecular weight is 282 g/mol. The number of nitrogens with zero attached hydrogens (tertiary/aromatic N) is 1. The molecule has 0 unspecified atom stereocenters. The Morgan fingerprint density at radius 1 is 1.32 bits per heavy atom. The Hall–Kier alpha value is -1.22. The summed E-state index contributed by atoms with van der Waals surface area (Å²) in [4.78, 5) is 13.2. The molecule has 0 amide bonds. The summed E-state index contributed by atoms with van der Waals surface area (Å²) in [6.45, 7) is 6.61. The van der Waals surface area contributed by atoms with Crippen LogP contribution in [0.25, 0.3) is 0 Å². The zero-order valence-electron chi connectivity index (χ0n) is 11.4. The van der Waals surface area contributed by atoms with Crippen molar-refractivity contribution in [1.82, 2.24) is 0 Å². The zero-order valence-corrected chi connectivity index (χ0v) is 12.2. The number of anilines is 1. The van der Waals surface area contributed by atoms with Gasteiger partial charge < -0.3 is 10.0 Å². The van der Waals surface area contributed by atoms with Gasteiger partial charge in [-0.3, -0.25) is 0 Å². The van der Waals surface area contributed by atoms with E-state index in [4.69, 9.17) is 16.7 Å². The summed E-state index contributed by atoms with van der Waals surface area (Å²) < 4.78 is 0. The molecule has 1 aromatic rings. The Labute approximate surface area is 119 Å². The highest BCUT2D eigenvalue weighted by Gasteiger charge is 2.23. The maximum atomic E-state index is 11.0. The second-order valence-corrected chi connectivity index (χ2v) is 6.38. The molecule has 3 nitrogen and oxygen atoms in total. The fraction of sp³-hybridized carbons (Fsp3) is 0.533. The highest BCUT2D eigenvalue weighted by molar-refractivity contribution is 6.33. The molecule has 1 fully saturated rings. The minimum absolute atomic E-state index is 0.167. The Kier molecular flexibility index (Phi) is 4.04. The van der Waals surface area contributed by atoms with E-state index in [1.165, 1.54) is 6.42 Å². The molecule has 1 heterocycles. The monoisotopic (exact) mass is 281 g/mol. The number of hydrogen-bond acceptors (Lipinski definition) is 2. The molecule has 4 heteroatoms. The molecule has 0 spiro atoms. The van der Waals surface area contributed by atoms with Crippen molar-refractivity contribution in [2.45, 2.75) is 33.1 Å². The van der Waals surface area contributed by atoms with Crippen molar-refractivity contribution in [3.63, 3.8) is 0 Å². The fourth-order valence-electron chi connectivity index (χ4n) is 2.56. The number of halogens is 1. The zero-order chi connectivity index (χ0) is 14.0. The number of rotatable bonds is 2. The van der Waals surface area contributed by atoms with Gasteiger partial charge in [-0.1, -0.05) is 25.4 Å². The van der Waals surface area contributed by atoms with Crippen LogP contribution in [0.4, 0.5) is 5.69 Å². The van der Waals surface area contributed by atoms with Gasteiger partial charge in [0.1, 0.15) is 0 Å². The van der Waals surface area contributed by atoms with E-state index in [1.54, 1.807) is 12.1 Å². The van der Waals surface area contributed by atoms with Crippen LogP contribution in [0.5, 0.6) is 0 Å². The van der Waals surface area contributed by atoms with Gasteiger partial charge in [0.15, 0.2) is 0 Å². The van der Waals surface area contributed by atoms with Crippen molar-refractivity contribution in [2.75, 3.05) is 18.0 Å². The SMILES string of the molecule is CC1(C)CCCN(c2ccc(C(=O)O)c(Cl)c2)CC1. The third kappa shape index (κ3) is 3.41. The molecule has 1 aromatic carbocycles. The van der Waals surface area contributed by atoms with Gasteiger partial charge in [-0.25, -0.2) is 4.79 Å². The maximum Gasteiger partial charge on any atom is 0.337 e. The lowest BCUT2D eigenvalue weighted by Crippen LogP contribution is -2.25. The molecular weight excluding hydrogens is 262 g/mol. The van der Waals surface area contributed by atoms with Crippen molar-refractivity contribution in [3.8, 4) is 0 Å². The number of hydrogen-bond donors (Lipinski definition) is 1. The smallest absolute Gasteiger partial charge is 0.337 e. The normalized spacial score (nSPS) is 19.0. The molecule has 104 valence electrons. The van der Waals surface area contributed by atoms with E-state index in [2.05, 4.69) is 18.7 Å². The van der Waals surface area contributed by atoms with Crippen LogP contribution < -0.4 is 4.90 Å². The van der Waals surface area contributed by atoms with Crippen molar-refractivity contribution >= 4 is 23.3 Å². The Morgan fingerprint density at radius 3 is 2.68 bits per heavy atom. The Bertz CT molecular complexity index is 485. The molecule has 0 radical (unpaired) electrons. The first-order valence-electron chi connectivity index (χ1n) is 6.67. The van der Waals surface area contributed by atoms with E-state index in [9.17, 15) is 4.79 Å². The van der Waals surface area contributed by atoms with Crippen LogP contribution in [-0.2, 0) is 0 Å². The molecule has 1 saturated heterocycles. The lowest BCUT2D eigenvalue weighted by molar-refractivity contribution is 0.0697. The second-order valence-electron chi connectivity index (χ2n) is 5.97. The van der Waals surface area contributed by atoms with Gasteiger partial charge in [0.25, 0.3) is 0 Å². The van der Waals surface area contributed by atoms with Crippen LogP contribution in [0, 0.1) is 5.41 Å². The van der Waals surface area contributed by atoms with Crippen LogP contribution in [0.1, 0.15) is 43.5 Å². The summed E-state index contributed by atoms with van der Waals surface area (Å²) in [6, 6.07) is 5.22. The Morgan fingerprint density at radius 2 is 2.05 bits per heavy atom. The lowest BCUT2D eigenvalue weighted by atomic mass is 9.85. The third-order valence-electron chi connectivity index (χ3n) is 3.89. The van der Waals surface area contributed by atoms with Gasteiger partial charge in [0.2, 0.25) is 0 Å². The number of carboxylic acid groups (broad SMARTS) is 1. The standard InChI is InChI=1S/C15H20ClNO2/c1-15(2)6-3-8-17(9-7-15)11-4-5-12(14(18)19)13(16)10-11/h4-5,10H,3,6-9H2,1-2H3,(H,18,19). The molecule has 1 aliphatic rings. The molecule has 1 N–H and O–H groups in total. The molecule has 0 aromatic heterocycles. The Balaban J connectivity index is 2.18. The van der Waals surface area contributed by atoms with E-state index in [-0.39, 0.29) is 5.56 Å². The first kappa shape index (κ1) is 14.2. The minimum Gasteiger partial charge on any atom is -0.478 e. The number of aromatic carboxylic acids is 1. The van der Waals surface area contributed by atoms with Gasteiger partial charge in [0, 0.05) is 18.8 Å². The molecular formula is C15H20ClNO2. The van der Waals surface area contributed by atoms with Gasteiger partial charge in [-0.05, 0) is 42.9 Å². The molecule has 0 bridgehead atoms. The van der Waals surface area contributed by atoms with E-state index < -0.39 is 5.97 Å². The van der Waals surface area contributed by atoms with Crippen molar-refractivity contribution in [2.24, 2.45) is 5.41 Å². The minimum atomic E-state index is -0.978. The summed E-state index contributed by atoms with van der Waals surface area (Å²) in [6.07, 6.45) is 3.53.